The van der Waals surface area contributed by atoms with Crippen LogP contribution in [0.2, 0.25) is 0 Å². The van der Waals surface area contributed by atoms with Crippen molar-refractivity contribution in [2.75, 3.05) is 7.11 Å². The number of carbonyl (C=O) groups is 2. The number of hydrazone groups is 1. The van der Waals surface area contributed by atoms with Gasteiger partial charge in [-0.15, -0.1) is 0 Å². The van der Waals surface area contributed by atoms with Crippen LogP contribution in [0.1, 0.15) is 40.1 Å². The molecule has 0 spiro atoms. The van der Waals surface area contributed by atoms with Crippen molar-refractivity contribution in [2.24, 2.45) is 5.10 Å². The van der Waals surface area contributed by atoms with Crippen LogP contribution in [0.4, 0.5) is 0 Å². The van der Waals surface area contributed by atoms with Gasteiger partial charge in [-0.2, -0.15) is 5.10 Å². The number of hydrogen-bond acceptors (Lipinski definition) is 6. The summed E-state index contributed by atoms with van der Waals surface area (Å²) in [6.07, 6.45) is 1.39. The van der Waals surface area contributed by atoms with E-state index in [0.29, 0.717) is 22.6 Å². The number of aromatic carboxylic acids is 1. The van der Waals surface area contributed by atoms with Gasteiger partial charge in [-0.05, 0) is 43.2 Å². The number of carboxylic acids is 1. The summed E-state index contributed by atoms with van der Waals surface area (Å²) < 4.78 is 10.8. The number of carbonyl (C=O) groups excluding carboxylic acids is 2. The molecule has 0 heterocycles. The van der Waals surface area contributed by atoms with Crippen LogP contribution < -0.4 is 20.0 Å². The van der Waals surface area contributed by atoms with Crippen LogP contribution in [-0.4, -0.2) is 31.3 Å². The third-order valence-corrected chi connectivity index (χ3v) is 3.31. The highest BCUT2D eigenvalue weighted by Crippen LogP contribution is 2.28. The predicted molar refractivity (Wildman–Crippen MR) is 94.6 cm³/mol. The lowest BCUT2D eigenvalue weighted by atomic mass is 10.1. The van der Waals surface area contributed by atoms with Crippen molar-refractivity contribution in [1.82, 2.24) is 5.43 Å². The van der Waals surface area contributed by atoms with Gasteiger partial charge in [-0.25, -0.2) is 5.43 Å². The van der Waals surface area contributed by atoms with Crippen LogP contribution in [0.5, 0.6) is 11.5 Å². The maximum atomic E-state index is 12.2. The summed E-state index contributed by atoms with van der Waals surface area (Å²) in [4.78, 5) is 22.9. The highest BCUT2D eigenvalue weighted by molar-refractivity contribution is 5.95. The van der Waals surface area contributed by atoms with Gasteiger partial charge in [0.2, 0.25) is 0 Å². The second-order valence-corrected chi connectivity index (χ2v) is 5.64. The third kappa shape index (κ3) is 5.07. The highest BCUT2D eigenvalue weighted by Gasteiger charge is 2.11. The summed E-state index contributed by atoms with van der Waals surface area (Å²) in [6, 6.07) is 10.8. The summed E-state index contributed by atoms with van der Waals surface area (Å²) in [5, 5.41) is 14.5. The summed E-state index contributed by atoms with van der Waals surface area (Å²) in [6.45, 7) is 3.79. The van der Waals surface area contributed by atoms with Gasteiger partial charge in [0.1, 0.15) is 0 Å². The van der Waals surface area contributed by atoms with Crippen LogP contribution in [-0.2, 0) is 0 Å². The van der Waals surface area contributed by atoms with Gasteiger partial charge >= 0.3 is 0 Å². The minimum Gasteiger partial charge on any atom is -0.545 e. The summed E-state index contributed by atoms with van der Waals surface area (Å²) in [5.41, 5.74) is 3.47. The number of methoxy groups -OCH3 is 1. The molecule has 7 heteroatoms. The molecule has 0 bridgehead atoms. The average Bonchev–Trinajstić information content (AvgIpc) is 2.61. The fourth-order valence-electron chi connectivity index (χ4n) is 2.10. The first-order valence-corrected chi connectivity index (χ1v) is 7.90. The van der Waals surface area contributed by atoms with Gasteiger partial charge in [0.05, 0.1) is 25.4 Å². The SMILES string of the molecule is COc1cc(C(=O)N/N=C\c2ccc(C(=O)[O-])cc2)ccc1OC(C)C. The first kappa shape index (κ1) is 19.0. The lowest BCUT2D eigenvalue weighted by Gasteiger charge is -2.14. The van der Waals surface area contributed by atoms with Gasteiger partial charge in [-0.1, -0.05) is 24.3 Å². The normalized spacial score (nSPS) is 10.8. The monoisotopic (exact) mass is 355 g/mol. The van der Waals surface area contributed by atoms with Gasteiger partial charge in [0, 0.05) is 5.56 Å². The Morgan fingerprint density at radius 3 is 2.31 bits per heavy atom. The number of nitrogens with one attached hydrogen (secondary N) is 1. The van der Waals surface area contributed by atoms with Gasteiger partial charge < -0.3 is 19.4 Å². The summed E-state index contributed by atoms with van der Waals surface area (Å²) in [7, 11) is 1.50. The molecular weight excluding hydrogens is 336 g/mol. The van der Waals surface area contributed by atoms with E-state index in [-0.39, 0.29) is 11.7 Å². The molecule has 1 N–H and O–H groups in total. The van der Waals surface area contributed by atoms with Crippen molar-refractivity contribution in [3.8, 4) is 11.5 Å². The zero-order valence-corrected chi connectivity index (χ0v) is 14.7. The number of ether oxygens (including phenoxy) is 2. The Hall–Kier alpha value is -3.35. The molecule has 0 saturated heterocycles. The lowest BCUT2D eigenvalue weighted by Crippen LogP contribution is -2.22. The lowest BCUT2D eigenvalue weighted by molar-refractivity contribution is -0.255. The number of nitrogens with zero attached hydrogens (tertiary/aromatic N) is 1. The van der Waals surface area contributed by atoms with Crippen LogP contribution >= 0.6 is 0 Å². The predicted octanol–water partition coefficient (Wildman–Crippen LogP) is 1.61. The van der Waals surface area contributed by atoms with Gasteiger partial charge in [0.25, 0.3) is 5.91 Å². The van der Waals surface area contributed by atoms with E-state index in [1.165, 1.54) is 25.5 Å². The first-order chi connectivity index (χ1) is 12.4. The van der Waals surface area contributed by atoms with Crippen LogP contribution in [0, 0.1) is 0 Å². The Labute approximate surface area is 151 Å². The van der Waals surface area contributed by atoms with E-state index < -0.39 is 11.9 Å². The van der Waals surface area contributed by atoms with Crippen molar-refractivity contribution < 1.29 is 24.2 Å². The molecule has 0 aliphatic carbocycles. The summed E-state index contributed by atoms with van der Waals surface area (Å²) >= 11 is 0. The quantitative estimate of drug-likeness (QED) is 0.601. The Kier molecular flexibility index (Phi) is 6.32. The van der Waals surface area contributed by atoms with Crippen molar-refractivity contribution in [3.63, 3.8) is 0 Å². The molecule has 0 atom stereocenters. The third-order valence-electron chi connectivity index (χ3n) is 3.31. The van der Waals surface area contributed by atoms with Crippen LogP contribution in [0.15, 0.2) is 47.6 Å². The molecule has 2 rings (SSSR count). The number of rotatable bonds is 7. The van der Waals surface area contributed by atoms with Crippen molar-refractivity contribution in [2.45, 2.75) is 20.0 Å². The van der Waals surface area contributed by atoms with E-state index in [2.05, 4.69) is 10.5 Å². The Balaban J connectivity index is 2.04. The first-order valence-electron chi connectivity index (χ1n) is 7.90. The van der Waals surface area contributed by atoms with E-state index in [9.17, 15) is 14.7 Å². The summed E-state index contributed by atoms with van der Waals surface area (Å²) in [5.74, 6) is -0.661. The fraction of sp³-hybridized carbons (Fsp3) is 0.211. The molecule has 0 radical (unpaired) electrons. The molecule has 1 amide bonds. The van der Waals surface area contributed by atoms with Crippen LogP contribution in [0.3, 0.4) is 0 Å². The van der Waals surface area contributed by atoms with Crippen molar-refractivity contribution >= 4 is 18.1 Å². The zero-order valence-electron chi connectivity index (χ0n) is 14.7. The molecule has 2 aromatic rings. The van der Waals surface area contributed by atoms with E-state index >= 15 is 0 Å². The largest absolute Gasteiger partial charge is 0.545 e. The average molecular weight is 355 g/mol. The van der Waals surface area contributed by atoms with Crippen LogP contribution in [0.25, 0.3) is 0 Å². The number of benzene rings is 2. The smallest absolute Gasteiger partial charge is 0.271 e. The molecule has 0 fully saturated rings. The standard InChI is InChI=1S/C19H20N2O5/c1-12(2)26-16-9-8-15(10-17(16)25-3)18(22)21-20-11-13-4-6-14(7-5-13)19(23)24/h4-12H,1-3H3,(H,21,22)(H,23,24)/p-1/b20-11-. The molecule has 0 aliphatic rings. The maximum Gasteiger partial charge on any atom is 0.271 e. The van der Waals surface area contributed by atoms with Crippen molar-refractivity contribution in [1.29, 1.82) is 0 Å². The van der Waals surface area contributed by atoms with E-state index in [4.69, 9.17) is 9.47 Å². The van der Waals surface area contributed by atoms with Crippen molar-refractivity contribution in [3.05, 3.63) is 59.2 Å². The van der Waals surface area contributed by atoms with E-state index in [0.717, 1.165) is 0 Å². The molecule has 136 valence electrons. The molecule has 26 heavy (non-hydrogen) atoms. The number of carboxylic acid groups (broad SMARTS) is 1. The molecule has 0 unspecified atom stereocenters. The highest BCUT2D eigenvalue weighted by atomic mass is 16.5. The molecule has 2 aromatic carbocycles. The van der Waals surface area contributed by atoms with E-state index in [1.54, 1.807) is 30.3 Å². The second-order valence-electron chi connectivity index (χ2n) is 5.64. The fourth-order valence-corrected chi connectivity index (χ4v) is 2.10. The van der Waals surface area contributed by atoms with Gasteiger partial charge in [-0.3, -0.25) is 4.79 Å². The Morgan fingerprint density at radius 2 is 1.73 bits per heavy atom. The molecule has 0 aromatic heterocycles. The maximum absolute atomic E-state index is 12.2. The zero-order chi connectivity index (χ0) is 19.1. The topological polar surface area (TPSA) is 100 Å². The Bertz CT molecular complexity index is 813. The molecule has 0 saturated carbocycles. The molecular formula is C19H19N2O5-. The van der Waals surface area contributed by atoms with Gasteiger partial charge in [0.15, 0.2) is 11.5 Å². The Morgan fingerprint density at radius 1 is 1.08 bits per heavy atom. The molecule has 7 nitrogen and oxygen atoms in total. The number of amides is 1. The van der Waals surface area contributed by atoms with E-state index in [1.807, 2.05) is 13.8 Å². The minimum absolute atomic E-state index is 0.0172. The minimum atomic E-state index is -1.25. The molecule has 0 aliphatic heterocycles. The number of hydrogen-bond donors (Lipinski definition) is 1. The second kappa shape index (κ2) is 8.66.